The second-order valence-electron chi connectivity index (χ2n) is 5.69. The Balaban J connectivity index is 1.61. The molecule has 0 radical (unpaired) electrons. The Bertz CT molecular complexity index is 789. The lowest BCUT2D eigenvalue weighted by Gasteiger charge is -2.19. The fraction of sp³-hybridized carbons (Fsp3) is 0.263. The predicted molar refractivity (Wildman–Crippen MR) is 97.8 cm³/mol. The Morgan fingerprint density at radius 2 is 1.72 bits per heavy atom. The molecule has 1 aliphatic rings. The molecule has 0 aromatic heterocycles. The molecule has 0 fully saturated rings. The number of hydrogen-bond donors (Lipinski definition) is 1. The maximum Gasteiger partial charge on any atom is 0.237 e. The standard InChI is InChI=1S/C19H19NO4S/c1-12(21)14-3-5-15(6-4-14)20-19(22)13(2)25-16-7-8-17-18(11-16)24-10-9-23-17/h3-8,11,13H,9-10H2,1-2H3,(H,20,22)/t13-/m1/s1. The van der Waals surface area contributed by atoms with Crippen molar-refractivity contribution >= 4 is 29.1 Å². The molecule has 0 unspecified atom stereocenters. The Kier molecular flexibility index (Phi) is 5.28. The molecule has 2 aromatic carbocycles. The van der Waals surface area contributed by atoms with Gasteiger partial charge in [0.15, 0.2) is 17.3 Å². The zero-order valence-electron chi connectivity index (χ0n) is 14.1. The zero-order valence-corrected chi connectivity index (χ0v) is 14.9. The van der Waals surface area contributed by atoms with Gasteiger partial charge in [0.1, 0.15) is 13.2 Å². The Morgan fingerprint density at radius 1 is 1.04 bits per heavy atom. The van der Waals surface area contributed by atoms with E-state index >= 15 is 0 Å². The molecule has 0 spiro atoms. The molecule has 1 N–H and O–H groups in total. The van der Waals surface area contributed by atoms with E-state index in [-0.39, 0.29) is 16.9 Å². The van der Waals surface area contributed by atoms with Crippen LogP contribution in [0.15, 0.2) is 47.4 Å². The van der Waals surface area contributed by atoms with Crippen molar-refractivity contribution in [2.24, 2.45) is 0 Å². The summed E-state index contributed by atoms with van der Waals surface area (Å²) in [5, 5.41) is 2.58. The van der Waals surface area contributed by atoms with E-state index in [1.165, 1.54) is 18.7 Å². The number of carbonyl (C=O) groups excluding carboxylic acids is 2. The fourth-order valence-corrected chi connectivity index (χ4v) is 3.28. The molecular weight excluding hydrogens is 338 g/mol. The summed E-state index contributed by atoms with van der Waals surface area (Å²) < 4.78 is 11.1. The number of thioether (sulfide) groups is 1. The van der Waals surface area contributed by atoms with Gasteiger partial charge >= 0.3 is 0 Å². The number of carbonyl (C=O) groups is 2. The van der Waals surface area contributed by atoms with Gasteiger partial charge in [0.2, 0.25) is 5.91 Å². The van der Waals surface area contributed by atoms with Gasteiger partial charge in [-0.25, -0.2) is 0 Å². The summed E-state index contributed by atoms with van der Waals surface area (Å²) in [7, 11) is 0. The van der Waals surface area contributed by atoms with E-state index < -0.39 is 0 Å². The number of ether oxygens (including phenoxy) is 2. The Hall–Kier alpha value is -2.47. The SMILES string of the molecule is CC(=O)c1ccc(NC(=O)[C@@H](C)Sc2ccc3c(c2)OCCO3)cc1. The highest BCUT2D eigenvalue weighted by molar-refractivity contribution is 8.00. The number of hydrogen-bond acceptors (Lipinski definition) is 5. The van der Waals surface area contributed by atoms with Gasteiger partial charge in [-0.1, -0.05) is 0 Å². The van der Waals surface area contributed by atoms with Gasteiger partial charge in [0.05, 0.1) is 5.25 Å². The van der Waals surface area contributed by atoms with E-state index in [1.807, 2.05) is 25.1 Å². The van der Waals surface area contributed by atoms with Crippen LogP contribution in [0.25, 0.3) is 0 Å². The van der Waals surface area contributed by atoms with Crippen molar-refractivity contribution < 1.29 is 19.1 Å². The summed E-state index contributed by atoms with van der Waals surface area (Å²) in [6.45, 7) is 4.45. The van der Waals surface area contributed by atoms with Crippen molar-refractivity contribution in [3.8, 4) is 11.5 Å². The van der Waals surface area contributed by atoms with E-state index in [4.69, 9.17) is 9.47 Å². The third kappa shape index (κ3) is 4.33. The van der Waals surface area contributed by atoms with Gasteiger partial charge in [0.25, 0.3) is 0 Å². The van der Waals surface area contributed by atoms with Gasteiger partial charge in [-0.3, -0.25) is 9.59 Å². The molecule has 6 heteroatoms. The first-order valence-corrected chi connectivity index (χ1v) is 8.89. The molecule has 1 heterocycles. The molecular formula is C19H19NO4S. The van der Waals surface area contributed by atoms with Crippen molar-refractivity contribution in [1.82, 2.24) is 0 Å². The molecule has 1 amide bonds. The van der Waals surface area contributed by atoms with Gasteiger partial charge in [-0.2, -0.15) is 0 Å². The second-order valence-corrected chi connectivity index (χ2v) is 7.10. The van der Waals surface area contributed by atoms with Crippen molar-refractivity contribution in [2.45, 2.75) is 24.0 Å². The average molecular weight is 357 g/mol. The second kappa shape index (κ2) is 7.61. The quantitative estimate of drug-likeness (QED) is 0.652. The molecule has 0 aliphatic carbocycles. The monoisotopic (exact) mass is 357 g/mol. The van der Waals surface area contributed by atoms with Crippen LogP contribution in [0.5, 0.6) is 11.5 Å². The zero-order chi connectivity index (χ0) is 17.8. The number of Topliss-reactive ketones (excluding diaryl/α,β-unsaturated/α-hetero) is 1. The highest BCUT2D eigenvalue weighted by Crippen LogP contribution is 2.35. The summed E-state index contributed by atoms with van der Waals surface area (Å²) in [6, 6.07) is 12.6. The van der Waals surface area contributed by atoms with Crippen LogP contribution in [0.4, 0.5) is 5.69 Å². The highest BCUT2D eigenvalue weighted by atomic mass is 32.2. The first kappa shape index (κ1) is 17.4. The van der Waals surface area contributed by atoms with Crippen LogP contribution in [0.2, 0.25) is 0 Å². The molecule has 0 saturated heterocycles. The molecule has 25 heavy (non-hydrogen) atoms. The van der Waals surface area contributed by atoms with Crippen LogP contribution in [-0.2, 0) is 4.79 Å². The number of fused-ring (bicyclic) bond motifs is 1. The van der Waals surface area contributed by atoms with E-state index in [2.05, 4.69) is 5.32 Å². The minimum atomic E-state index is -0.282. The Morgan fingerprint density at radius 3 is 2.40 bits per heavy atom. The summed E-state index contributed by atoms with van der Waals surface area (Å²) in [4.78, 5) is 24.6. The maximum atomic E-state index is 12.4. The van der Waals surface area contributed by atoms with Crippen LogP contribution >= 0.6 is 11.8 Å². The van der Waals surface area contributed by atoms with E-state index in [9.17, 15) is 9.59 Å². The smallest absolute Gasteiger partial charge is 0.237 e. The first-order valence-electron chi connectivity index (χ1n) is 8.01. The normalized spacial score (nSPS) is 13.8. The van der Waals surface area contributed by atoms with Gasteiger partial charge in [-0.15, -0.1) is 11.8 Å². The predicted octanol–water partition coefficient (Wildman–Crippen LogP) is 3.78. The average Bonchev–Trinajstić information content (AvgIpc) is 2.62. The topological polar surface area (TPSA) is 64.6 Å². The Labute approximate surface area is 150 Å². The molecule has 2 aromatic rings. The van der Waals surface area contributed by atoms with Crippen LogP contribution in [0, 0.1) is 0 Å². The molecule has 1 aliphatic heterocycles. The number of ketones is 1. The van der Waals surface area contributed by atoms with E-state index in [0.29, 0.717) is 30.2 Å². The van der Waals surface area contributed by atoms with Crippen LogP contribution in [-0.4, -0.2) is 30.2 Å². The van der Waals surface area contributed by atoms with Gasteiger partial charge in [-0.05, 0) is 56.3 Å². The lowest BCUT2D eigenvalue weighted by atomic mass is 10.1. The fourth-order valence-electron chi connectivity index (χ4n) is 2.39. The van der Waals surface area contributed by atoms with Crippen molar-refractivity contribution in [2.75, 3.05) is 18.5 Å². The van der Waals surface area contributed by atoms with Crippen LogP contribution in [0.1, 0.15) is 24.2 Å². The largest absolute Gasteiger partial charge is 0.486 e. The minimum Gasteiger partial charge on any atom is -0.486 e. The van der Waals surface area contributed by atoms with Gasteiger partial charge in [0, 0.05) is 16.1 Å². The lowest BCUT2D eigenvalue weighted by Crippen LogP contribution is -2.22. The molecule has 0 bridgehead atoms. The van der Waals surface area contributed by atoms with Gasteiger partial charge < -0.3 is 14.8 Å². The minimum absolute atomic E-state index is 0.000378. The number of anilines is 1. The summed E-state index contributed by atoms with van der Waals surface area (Å²) in [5.74, 6) is 1.35. The summed E-state index contributed by atoms with van der Waals surface area (Å²) in [5.41, 5.74) is 1.29. The molecule has 0 saturated carbocycles. The highest BCUT2D eigenvalue weighted by Gasteiger charge is 2.17. The van der Waals surface area contributed by atoms with E-state index in [1.54, 1.807) is 24.3 Å². The molecule has 1 atom stereocenters. The number of amides is 1. The molecule has 130 valence electrons. The first-order chi connectivity index (χ1) is 12.0. The lowest BCUT2D eigenvalue weighted by molar-refractivity contribution is -0.115. The summed E-state index contributed by atoms with van der Waals surface area (Å²) in [6.07, 6.45) is 0. The molecule has 5 nitrogen and oxygen atoms in total. The van der Waals surface area contributed by atoms with Crippen molar-refractivity contribution in [3.63, 3.8) is 0 Å². The number of rotatable bonds is 5. The third-order valence-corrected chi connectivity index (χ3v) is 4.85. The van der Waals surface area contributed by atoms with E-state index in [0.717, 1.165) is 10.6 Å². The van der Waals surface area contributed by atoms with Crippen molar-refractivity contribution in [1.29, 1.82) is 0 Å². The molecule has 3 rings (SSSR count). The summed E-state index contributed by atoms with van der Waals surface area (Å²) >= 11 is 1.45. The maximum absolute atomic E-state index is 12.4. The third-order valence-electron chi connectivity index (χ3n) is 3.75. The van der Waals surface area contributed by atoms with Crippen LogP contribution < -0.4 is 14.8 Å². The van der Waals surface area contributed by atoms with Crippen molar-refractivity contribution in [3.05, 3.63) is 48.0 Å². The van der Waals surface area contributed by atoms with Crippen LogP contribution in [0.3, 0.4) is 0 Å². The number of benzene rings is 2. The number of nitrogens with one attached hydrogen (secondary N) is 1.